The minimum atomic E-state index is -1.22. The highest BCUT2D eigenvalue weighted by molar-refractivity contribution is 6.25. The Morgan fingerprint density at radius 3 is 2.55 bits per heavy atom. The van der Waals surface area contributed by atoms with Crippen LogP contribution < -0.4 is 15.0 Å². The molecule has 1 fully saturated rings. The fourth-order valence-corrected chi connectivity index (χ4v) is 5.72. The molecule has 0 aliphatic carbocycles. The number of methoxy groups -OCH3 is 1. The number of carbonyl (C=O) groups is 3. The van der Waals surface area contributed by atoms with Gasteiger partial charge in [-0.05, 0) is 61.7 Å². The number of hydrogen-bond donors (Lipinski definition) is 2. The number of nitrogens with one attached hydrogen (secondary N) is 2. The van der Waals surface area contributed by atoms with Crippen molar-refractivity contribution in [2.24, 2.45) is 0 Å². The van der Waals surface area contributed by atoms with Crippen LogP contribution in [0.5, 0.6) is 5.75 Å². The van der Waals surface area contributed by atoms with E-state index in [-0.39, 0.29) is 23.2 Å². The summed E-state index contributed by atoms with van der Waals surface area (Å²) in [4.78, 5) is 47.5. The molecular formula is C30H28N4O4. The van der Waals surface area contributed by atoms with Crippen LogP contribution in [0.4, 0.5) is 10.5 Å². The van der Waals surface area contributed by atoms with Crippen molar-refractivity contribution in [1.29, 1.82) is 0 Å². The lowest BCUT2D eigenvalue weighted by atomic mass is 9.87. The van der Waals surface area contributed by atoms with Gasteiger partial charge in [-0.1, -0.05) is 42.5 Å². The maximum Gasteiger partial charge on any atom is 0.332 e. The molecule has 8 nitrogen and oxygen atoms in total. The number of nitrogens with zero attached hydrogens (tertiary/aromatic N) is 2. The van der Waals surface area contributed by atoms with Gasteiger partial charge in [0.1, 0.15) is 5.75 Å². The van der Waals surface area contributed by atoms with Gasteiger partial charge in [-0.15, -0.1) is 0 Å². The number of amides is 4. The molecule has 4 aromatic rings. The molecule has 0 saturated carbocycles. The molecule has 4 amide bonds. The van der Waals surface area contributed by atoms with E-state index in [1.807, 2.05) is 55.5 Å². The lowest BCUT2D eigenvalue weighted by molar-refractivity contribution is -0.125. The molecule has 0 unspecified atom stereocenters. The van der Waals surface area contributed by atoms with Gasteiger partial charge >= 0.3 is 6.03 Å². The predicted octanol–water partition coefficient (Wildman–Crippen LogP) is 4.91. The number of para-hydroxylation sites is 1. The summed E-state index contributed by atoms with van der Waals surface area (Å²) >= 11 is 0. The van der Waals surface area contributed by atoms with E-state index in [4.69, 9.17) is 4.74 Å². The molecule has 1 saturated heterocycles. The first kappa shape index (κ1) is 23.8. The number of fused-ring (bicyclic) bond motifs is 5. The van der Waals surface area contributed by atoms with Gasteiger partial charge in [-0.25, -0.2) is 9.69 Å². The minimum absolute atomic E-state index is 0.253. The Labute approximate surface area is 220 Å². The van der Waals surface area contributed by atoms with Gasteiger partial charge in [0.25, 0.3) is 11.8 Å². The normalized spacial score (nSPS) is 19.3. The Hall–Kier alpha value is -4.59. The number of urea groups is 1. The number of aromatic amines is 1. The van der Waals surface area contributed by atoms with Gasteiger partial charge < -0.3 is 19.9 Å². The minimum Gasteiger partial charge on any atom is -0.497 e. The third kappa shape index (κ3) is 3.40. The summed E-state index contributed by atoms with van der Waals surface area (Å²) < 4.78 is 5.41. The SMILES string of the molecule is COc1ccc2[nH]c3c(c2c1)CCN1C(=O)N(c2ccccc2C(=O)N[C@H](C)c2ccccc2)C(=O)[C@]31C. The van der Waals surface area contributed by atoms with E-state index >= 15 is 0 Å². The summed E-state index contributed by atoms with van der Waals surface area (Å²) in [5.41, 5.74) is 2.86. The molecule has 6 rings (SSSR count). The van der Waals surface area contributed by atoms with E-state index in [2.05, 4.69) is 10.3 Å². The first-order valence-electron chi connectivity index (χ1n) is 12.6. The Kier molecular flexibility index (Phi) is 5.48. The highest BCUT2D eigenvalue weighted by Crippen LogP contribution is 2.46. The van der Waals surface area contributed by atoms with Gasteiger partial charge in [0.2, 0.25) is 0 Å². The van der Waals surface area contributed by atoms with Gasteiger partial charge in [0.15, 0.2) is 5.54 Å². The summed E-state index contributed by atoms with van der Waals surface area (Å²) in [6.07, 6.45) is 0.599. The van der Waals surface area contributed by atoms with Gasteiger partial charge in [-0.2, -0.15) is 0 Å². The average Bonchev–Trinajstić information content (AvgIpc) is 3.41. The van der Waals surface area contributed by atoms with E-state index < -0.39 is 17.5 Å². The second-order valence-electron chi connectivity index (χ2n) is 9.91. The Morgan fingerprint density at radius 2 is 1.79 bits per heavy atom. The Balaban J connectivity index is 1.38. The van der Waals surface area contributed by atoms with Crippen molar-refractivity contribution >= 4 is 34.4 Å². The van der Waals surface area contributed by atoms with Crippen molar-refractivity contribution < 1.29 is 19.1 Å². The van der Waals surface area contributed by atoms with E-state index in [0.29, 0.717) is 18.7 Å². The Bertz CT molecular complexity index is 1590. The topological polar surface area (TPSA) is 94.7 Å². The third-order valence-electron chi connectivity index (χ3n) is 7.80. The number of hydrogen-bond acceptors (Lipinski definition) is 4. The molecule has 3 aromatic carbocycles. The molecule has 38 heavy (non-hydrogen) atoms. The van der Waals surface area contributed by atoms with Crippen LogP contribution in [0.2, 0.25) is 0 Å². The van der Waals surface area contributed by atoms with Gasteiger partial charge in [-0.3, -0.25) is 9.59 Å². The van der Waals surface area contributed by atoms with Crippen LogP contribution in [0.1, 0.15) is 47.1 Å². The van der Waals surface area contributed by atoms with E-state index in [1.54, 1.807) is 43.2 Å². The lowest BCUT2D eigenvalue weighted by Gasteiger charge is -2.35. The van der Waals surface area contributed by atoms with Gasteiger partial charge in [0, 0.05) is 17.4 Å². The number of benzene rings is 3. The summed E-state index contributed by atoms with van der Waals surface area (Å²) in [5, 5.41) is 3.98. The quantitative estimate of drug-likeness (QED) is 0.375. The highest BCUT2D eigenvalue weighted by atomic mass is 16.5. The summed E-state index contributed by atoms with van der Waals surface area (Å²) in [6.45, 7) is 4.06. The fourth-order valence-electron chi connectivity index (χ4n) is 5.72. The van der Waals surface area contributed by atoms with Crippen molar-refractivity contribution in [3.05, 3.63) is 95.2 Å². The number of ether oxygens (including phenoxy) is 1. The third-order valence-corrected chi connectivity index (χ3v) is 7.80. The number of anilines is 1. The van der Waals surface area contributed by atoms with Crippen molar-refractivity contribution in [1.82, 2.24) is 15.2 Å². The summed E-state index contributed by atoms with van der Waals surface area (Å²) in [5.74, 6) is -0.0173. The standard InChI is InChI=1S/C30H28N4O4/c1-18(19-9-5-4-6-10-19)31-27(35)22-11-7-8-12-25(22)34-28(36)30(2)26-21(15-16-33(30)29(34)37)23-17-20(38-3)13-14-24(23)32-26/h4-14,17-18,32H,15-16H2,1-3H3,(H,31,35)/t18-,30+/m1/s1. The van der Waals surface area contributed by atoms with Crippen LogP contribution in [0.25, 0.3) is 10.9 Å². The molecule has 0 radical (unpaired) electrons. The Morgan fingerprint density at radius 1 is 1.05 bits per heavy atom. The molecule has 8 heteroatoms. The monoisotopic (exact) mass is 508 g/mol. The molecular weight excluding hydrogens is 480 g/mol. The number of imide groups is 1. The fraction of sp³-hybridized carbons (Fsp3) is 0.233. The van der Waals surface area contributed by atoms with Crippen LogP contribution in [-0.2, 0) is 16.8 Å². The second kappa shape index (κ2) is 8.76. The molecule has 2 N–H and O–H groups in total. The molecule has 0 spiro atoms. The maximum atomic E-state index is 14.1. The maximum absolute atomic E-state index is 14.1. The summed E-state index contributed by atoms with van der Waals surface area (Å²) in [7, 11) is 1.62. The second-order valence-corrected chi connectivity index (χ2v) is 9.91. The number of aromatic nitrogens is 1. The summed E-state index contributed by atoms with van der Waals surface area (Å²) in [6, 6.07) is 21.4. The van der Waals surface area contributed by atoms with E-state index in [9.17, 15) is 14.4 Å². The zero-order valence-corrected chi connectivity index (χ0v) is 21.4. The first-order chi connectivity index (χ1) is 18.3. The van der Waals surface area contributed by atoms with Gasteiger partial charge in [0.05, 0.1) is 30.1 Å². The average molecular weight is 509 g/mol. The highest BCUT2D eigenvalue weighted by Gasteiger charge is 2.59. The molecule has 3 heterocycles. The molecule has 2 aliphatic heterocycles. The number of carbonyl (C=O) groups excluding carboxylic acids is 3. The van der Waals surface area contributed by atoms with Crippen molar-refractivity contribution in [3.63, 3.8) is 0 Å². The van der Waals surface area contributed by atoms with Crippen molar-refractivity contribution in [3.8, 4) is 5.75 Å². The van der Waals surface area contributed by atoms with Crippen LogP contribution in [0.15, 0.2) is 72.8 Å². The zero-order valence-electron chi connectivity index (χ0n) is 21.4. The van der Waals surface area contributed by atoms with Crippen molar-refractivity contribution in [2.45, 2.75) is 31.8 Å². The van der Waals surface area contributed by atoms with Crippen LogP contribution >= 0.6 is 0 Å². The lowest BCUT2D eigenvalue weighted by Crippen LogP contribution is -2.49. The van der Waals surface area contributed by atoms with Crippen LogP contribution in [0, 0.1) is 0 Å². The first-order valence-corrected chi connectivity index (χ1v) is 12.6. The van der Waals surface area contributed by atoms with E-state index in [1.165, 1.54) is 0 Å². The van der Waals surface area contributed by atoms with Crippen LogP contribution in [0.3, 0.4) is 0 Å². The molecule has 0 bridgehead atoms. The molecule has 2 atom stereocenters. The molecule has 2 aliphatic rings. The van der Waals surface area contributed by atoms with E-state index in [0.717, 1.165) is 32.7 Å². The van der Waals surface area contributed by atoms with Crippen LogP contribution in [-0.4, -0.2) is 41.4 Å². The molecule has 1 aromatic heterocycles. The number of rotatable bonds is 5. The smallest absolute Gasteiger partial charge is 0.332 e. The predicted molar refractivity (Wildman–Crippen MR) is 144 cm³/mol. The van der Waals surface area contributed by atoms with Crippen molar-refractivity contribution in [2.75, 3.05) is 18.6 Å². The zero-order chi connectivity index (χ0) is 26.6. The molecule has 192 valence electrons. The largest absolute Gasteiger partial charge is 0.497 e. The number of H-pyrrole nitrogens is 1.